The summed E-state index contributed by atoms with van der Waals surface area (Å²) in [7, 11) is 2.18. The van der Waals surface area contributed by atoms with Crippen LogP contribution in [0.4, 0.5) is 0 Å². The van der Waals surface area contributed by atoms with Gasteiger partial charge in [-0.1, -0.05) is 122 Å². The first-order valence-corrected chi connectivity index (χ1v) is 11.9. The highest BCUT2D eigenvalue weighted by atomic mass is 16.3. The first-order valence-electron chi connectivity index (χ1n) is 11.9. The number of hydrogen-bond donors (Lipinski definition) is 0. The number of hydrogen-bond acceptors (Lipinski definition) is 1. The summed E-state index contributed by atoms with van der Waals surface area (Å²) in [5.74, 6) is 0. The quantitative estimate of drug-likeness (QED) is 0.203. The standard InChI is InChI=1S/C33H24BO/c1-22-24-14-10-11-19-31(24)35-30(22)21-20-29(34-2)33-27-17-8-6-15-25(27)32(23-12-4-3-5-13-23)26-16-7-9-18-28(26)33/h3-21H,1H2,2H3/b29-20-,30-21+. The summed E-state index contributed by atoms with van der Waals surface area (Å²) in [4.78, 5) is 0. The molecule has 0 unspecified atom stereocenters. The largest absolute Gasteiger partial charge is 0.456 e. The zero-order valence-electron chi connectivity index (χ0n) is 19.7. The van der Waals surface area contributed by atoms with Crippen LogP contribution in [0.3, 0.4) is 0 Å². The number of allylic oxidation sites excluding steroid dienone is 1. The molecule has 0 amide bonds. The fraction of sp³-hybridized carbons (Fsp3) is 0.0303. The van der Waals surface area contributed by atoms with E-state index >= 15 is 0 Å². The second kappa shape index (κ2) is 8.81. The summed E-state index contributed by atoms with van der Waals surface area (Å²) < 4.78 is 6.10. The molecule has 0 spiro atoms. The Bertz CT molecular complexity index is 1780. The highest BCUT2D eigenvalue weighted by molar-refractivity contribution is 6.61. The van der Waals surface area contributed by atoms with Crippen LogP contribution in [0, 0.1) is 0 Å². The molecule has 1 nitrogen and oxygen atoms in total. The summed E-state index contributed by atoms with van der Waals surface area (Å²) in [6.07, 6.45) is 4.20. The van der Waals surface area contributed by atoms with E-state index in [4.69, 9.17) is 4.42 Å². The fourth-order valence-corrected chi connectivity index (χ4v) is 5.10. The van der Waals surface area contributed by atoms with Crippen molar-refractivity contribution in [2.45, 2.75) is 6.82 Å². The van der Waals surface area contributed by atoms with Gasteiger partial charge in [-0.05, 0) is 50.4 Å². The van der Waals surface area contributed by atoms with E-state index in [9.17, 15) is 0 Å². The molecule has 0 fully saturated rings. The number of furan rings is 1. The first-order chi connectivity index (χ1) is 17.3. The van der Waals surface area contributed by atoms with Crippen molar-refractivity contribution in [3.63, 3.8) is 0 Å². The maximum Gasteiger partial charge on any atom is 0.149 e. The van der Waals surface area contributed by atoms with E-state index in [2.05, 4.69) is 112 Å². The van der Waals surface area contributed by atoms with E-state index in [1.54, 1.807) is 0 Å². The van der Waals surface area contributed by atoms with E-state index < -0.39 is 0 Å². The Balaban J connectivity index is 1.67. The van der Waals surface area contributed by atoms with Crippen LogP contribution in [0.2, 0.25) is 6.82 Å². The molecule has 0 bridgehead atoms. The van der Waals surface area contributed by atoms with E-state index in [0.29, 0.717) is 0 Å². The normalized spacial score (nSPS) is 12.6. The second-order valence-corrected chi connectivity index (χ2v) is 8.73. The minimum atomic E-state index is 0.792. The molecule has 1 heterocycles. The smallest absolute Gasteiger partial charge is 0.149 e. The molecular weight excluding hydrogens is 423 g/mol. The van der Waals surface area contributed by atoms with Crippen molar-refractivity contribution in [1.29, 1.82) is 0 Å². The molecule has 2 heteroatoms. The average molecular weight is 447 g/mol. The molecule has 165 valence electrons. The number of fused-ring (bicyclic) bond motifs is 3. The van der Waals surface area contributed by atoms with Crippen molar-refractivity contribution in [2.24, 2.45) is 0 Å². The number of benzene rings is 5. The molecular formula is C33H24BO. The predicted molar refractivity (Wildman–Crippen MR) is 152 cm³/mol. The van der Waals surface area contributed by atoms with E-state index in [0.717, 1.165) is 27.1 Å². The van der Waals surface area contributed by atoms with Crippen LogP contribution in [0.25, 0.3) is 61.8 Å². The SMILES string of the molecule is C=c1/c(=C\C=C(/[B]C)c2c3ccccc3c(-c3ccccc3)c3ccccc23)oc2ccccc12. The monoisotopic (exact) mass is 447 g/mol. The van der Waals surface area contributed by atoms with Crippen molar-refractivity contribution >= 4 is 57.9 Å². The summed E-state index contributed by atoms with van der Waals surface area (Å²) in [6, 6.07) is 36.2. The molecule has 0 saturated heterocycles. The van der Waals surface area contributed by atoms with E-state index in [-0.39, 0.29) is 0 Å². The molecule has 0 atom stereocenters. The lowest BCUT2D eigenvalue weighted by Crippen LogP contribution is -2.17. The summed E-state index contributed by atoms with van der Waals surface area (Å²) in [5.41, 5.74) is 6.54. The number of rotatable bonds is 4. The zero-order chi connectivity index (χ0) is 23.8. The number of para-hydroxylation sites is 1. The Kier molecular flexibility index (Phi) is 5.35. The van der Waals surface area contributed by atoms with Crippen molar-refractivity contribution in [1.82, 2.24) is 0 Å². The Hall–Kier alpha value is -4.30. The van der Waals surface area contributed by atoms with Gasteiger partial charge in [0, 0.05) is 10.6 Å². The summed E-state index contributed by atoms with van der Waals surface area (Å²) >= 11 is 0. The molecule has 0 aliphatic heterocycles. The maximum absolute atomic E-state index is 6.10. The van der Waals surface area contributed by atoms with E-state index in [1.807, 2.05) is 24.3 Å². The minimum absolute atomic E-state index is 0.792. The van der Waals surface area contributed by atoms with Crippen molar-refractivity contribution in [2.75, 3.05) is 0 Å². The molecule has 0 N–H and O–H groups in total. The van der Waals surface area contributed by atoms with E-state index in [1.165, 1.54) is 38.2 Å². The lowest BCUT2D eigenvalue weighted by molar-refractivity contribution is 0.576. The third-order valence-electron chi connectivity index (χ3n) is 6.74. The molecule has 1 aromatic heterocycles. The predicted octanol–water partition coefficient (Wildman–Crippen LogP) is 7.39. The third-order valence-corrected chi connectivity index (χ3v) is 6.74. The van der Waals surface area contributed by atoms with Crippen LogP contribution >= 0.6 is 0 Å². The second-order valence-electron chi connectivity index (χ2n) is 8.73. The molecule has 0 aliphatic carbocycles. The molecule has 0 aliphatic rings. The molecule has 0 saturated carbocycles. The van der Waals surface area contributed by atoms with Gasteiger partial charge < -0.3 is 4.42 Å². The van der Waals surface area contributed by atoms with Crippen LogP contribution in [0.15, 0.2) is 114 Å². The van der Waals surface area contributed by atoms with Gasteiger partial charge in [0.1, 0.15) is 18.3 Å². The summed E-state index contributed by atoms with van der Waals surface area (Å²) in [6.45, 7) is 6.36. The van der Waals surface area contributed by atoms with Gasteiger partial charge in [-0.2, -0.15) is 0 Å². The van der Waals surface area contributed by atoms with Gasteiger partial charge in [0.05, 0.1) is 0 Å². The highest BCUT2D eigenvalue weighted by Crippen LogP contribution is 2.41. The van der Waals surface area contributed by atoms with Gasteiger partial charge in [-0.25, -0.2) is 0 Å². The zero-order valence-corrected chi connectivity index (χ0v) is 19.7. The molecule has 35 heavy (non-hydrogen) atoms. The Morgan fingerprint density at radius 2 is 1.23 bits per heavy atom. The van der Waals surface area contributed by atoms with Crippen LogP contribution < -0.4 is 10.6 Å². The molecule has 6 rings (SSSR count). The highest BCUT2D eigenvalue weighted by Gasteiger charge is 2.16. The first kappa shape index (κ1) is 21.3. The van der Waals surface area contributed by atoms with Gasteiger partial charge in [0.15, 0.2) is 0 Å². The van der Waals surface area contributed by atoms with Gasteiger partial charge in [0.2, 0.25) is 0 Å². The molecule has 1 radical (unpaired) electrons. The van der Waals surface area contributed by atoms with Crippen molar-refractivity contribution in [3.05, 3.63) is 125 Å². The van der Waals surface area contributed by atoms with Gasteiger partial charge >= 0.3 is 0 Å². The van der Waals surface area contributed by atoms with Crippen LogP contribution in [0.5, 0.6) is 0 Å². The molecule has 5 aromatic carbocycles. The molecule has 6 aromatic rings. The lowest BCUT2D eigenvalue weighted by atomic mass is 9.66. The fourth-order valence-electron chi connectivity index (χ4n) is 5.10. The topological polar surface area (TPSA) is 13.1 Å². The third kappa shape index (κ3) is 3.59. The Labute approximate surface area is 205 Å². The van der Waals surface area contributed by atoms with Crippen molar-refractivity contribution < 1.29 is 4.42 Å². The average Bonchev–Trinajstić information content (AvgIpc) is 3.24. The van der Waals surface area contributed by atoms with Gasteiger partial charge in [0.25, 0.3) is 0 Å². The van der Waals surface area contributed by atoms with Crippen LogP contribution in [-0.4, -0.2) is 7.28 Å². The minimum Gasteiger partial charge on any atom is -0.456 e. The lowest BCUT2D eigenvalue weighted by Gasteiger charge is -2.18. The van der Waals surface area contributed by atoms with Gasteiger partial charge in [-0.3, -0.25) is 0 Å². The maximum atomic E-state index is 6.10. The van der Waals surface area contributed by atoms with Gasteiger partial charge in [-0.15, -0.1) is 0 Å². The van der Waals surface area contributed by atoms with Crippen LogP contribution in [0.1, 0.15) is 5.56 Å². The Morgan fingerprint density at radius 3 is 1.83 bits per heavy atom. The Morgan fingerprint density at radius 1 is 0.686 bits per heavy atom. The van der Waals surface area contributed by atoms with Crippen LogP contribution in [-0.2, 0) is 0 Å². The van der Waals surface area contributed by atoms with Crippen molar-refractivity contribution in [3.8, 4) is 11.1 Å². The summed E-state index contributed by atoms with van der Waals surface area (Å²) in [5, 5.41) is 6.95.